The zero-order valence-corrected chi connectivity index (χ0v) is 9.87. The zero-order chi connectivity index (χ0) is 10.8. The molecule has 0 radical (unpaired) electrons. The minimum atomic E-state index is 0.405. The molecule has 0 aromatic heterocycles. The van der Waals surface area contributed by atoms with Gasteiger partial charge in [0.15, 0.2) is 0 Å². The standard InChI is InChI=1S/C12H24O3/c1-2-3-7-13-8-5-4-6-9-14-10-12-11-15-12/h12H,2-11H2,1H3. The van der Waals surface area contributed by atoms with Gasteiger partial charge < -0.3 is 14.2 Å². The molecule has 1 fully saturated rings. The van der Waals surface area contributed by atoms with Crippen LogP contribution in [0.25, 0.3) is 0 Å². The lowest BCUT2D eigenvalue weighted by Gasteiger charge is -2.03. The second-order valence-corrected chi connectivity index (χ2v) is 4.06. The van der Waals surface area contributed by atoms with E-state index in [0.717, 1.165) is 45.9 Å². The fraction of sp³-hybridized carbons (Fsp3) is 1.00. The van der Waals surface area contributed by atoms with Crippen molar-refractivity contribution in [1.29, 1.82) is 0 Å². The Morgan fingerprint density at radius 2 is 1.67 bits per heavy atom. The molecule has 0 spiro atoms. The summed E-state index contributed by atoms with van der Waals surface area (Å²) in [5.41, 5.74) is 0. The average molecular weight is 216 g/mol. The average Bonchev–Trinajstić information content (AvgIpc) is 3.05. The molecule has 1 rings (SSSR count). The minimum Gasteiger partial charge on any atom is -0.381 e. The molecule has 0 saturated carbocycles. The van der Waals surface area contributed by atoms with Gasteiger partial charge in [-0.05, 0) is 25.7 Å². The van der Waals surface area contributed by atoms with E-state index in [0.29, 0.717) is 6.10 Å². The molecular weight excluding hydrogens is 192 g/mol. The third-order valence-corrected chi connectivity index (χ3v) is 2.43. The molecule has 15 heavy (non-hydrogen) atoms. The van der Waals surface area contributed by atoms with Crippen LogP contribution < -0.4 is 0 Å². The molecule has 3 heteroatoms. The molecule has 0 N–H and O–H groups in total. The Kier molecular flexibility index (Phi) is 7.88. The smallest absolute Gasteiger partial charge is 0.104 e. The van der Waals surface area contributed by atoms with Crippen LogP contribution in [-0.2, 0) is 14.2 Å². The molecule has 1 saturated heterocycles. The highest BCUT2D eigenvalue weighted by Crippen LogP contribution is 2.08. The summed E-state index contributed by atoms with van der Waals surface area (Å²) in [7, 11) is 0. The molecule has 0 aliphatic carbocycles. The lowest BCUT2D eigenvalue weighted by atomic mass is 10.2. The summed E-state index contributed by atoms with van der Waals surface area (Å²) in [6.45, 7) is 6.56. The van der Waals surface area contributed by atoms with Gasteiger partial charge in [-0.25, -0.2) is 0 Å². The van der Waals surface area contributed by atoms with Crippen LogP contribution in [0.15, 0.2) is 0 Å². The first-order chi connectivity index (χ1) is 7.43. The van der Waals surface area contributed by atoms with Crippen molar-refractivity contribution in [3.8, 4) is 0 Å². The van der Waals surface area contributed by atoms with Gasteiger partial charge in [0.2, 0.25) is 0 Å². The van der Waals surface area contributed by atoms with Gasteiger partial charge in [0, 0.05) is 19.8 Å². The van der Waals surface area contributed by atoms with Crippen LogP contribution in [0.2, 0.25) is 0 Å². The normalized spacial score (nSPS) is 19.4. The molecule has 0 aromatic carbocycles. The molecule has 1 heterocycles. The third-order valence-electron chi connectivity index (χ3n) is 2.43. The summed E-state index contributed by atoms with van der Waals surface area (Å²) in [6.07, 6.45) is 6.32. The van der Waals surface area contributed by atoms with Crippen molar-refractivity contribution in [2.24, 2.45) is 0 Å². The van der Waals surface area contributed by atoms with Gasteiger partial charge >= 0.3 is 0 Å². The molecule has 1 atom stereocenters. The van der Waals surface area contributed by atoms with Gasteiger partial charge in [0.25, 0.3) is 0 Å². The van der Waals surface area contributed by atoms with Crippen molar-refractivity contribution in [2.45, 2.75) is 45.1 Å². The van der Waals surface area contributed by atoms with Gasteiger partial charge in [-0.2, -0.15) is 0 Å². The lowest BCUT2D eigenvalue weighted by Crippen LogP contribution is -2.03. The topological polar surface area (TPSA) is 31.0 Å². The van der Waals surface area contributed by atoms with Crippen molar-refractivity contribution in [2.75, 3.05) is 33.0 Å². The molecule has 1 aliphatic rings. The number of unbranched alkanes of at least 4 members (excludes halogenated alkanes) is 3. The first kappa shape index (κ1) is 12.9. The van der Waals surface area contributed by atoms with E-state index in [-0.39, 0.29) is 0 Å². The van der Waals surface area contributed by atoms with Crippen molar-refractivity contribution >= 4 is 0 Å². The van der Waals surface area contributed by atoms with E-state index in [2.05, 4.69) is 6.92 Å². The summed E-state index contributed by atoms with van der Waals surface area (Å²) in [5, 5.41) is 0. The Labute approximate surface area is 93.1 Å². The number of hydrogen-bond acceptors (Lipinski definition) is 3. The molecule has 1 aliphatic heterocycles. The second kappa shape index (κ2) is 9.13. The van der Waals surface area contributed by atoms with E-state index in [4.69, 9.17) is 14.2 Å². The molecular formula is C12H24O3. The van der Waals surface area contributed by atoms with Gasteiger partial charge in [0.1, 0.15) is 6.10 Å². The molecule has 0 aromatic rings. The Morgan fingerprint density at radius 3 is 2.33 bits per heavy atom. The zero-order valence-electron chi connectivity index (χ0n) is 9.87. The highest BCUT2D eigenvalue weighted by atomic mass is 16.6. The highest BCUT2D eigenvalue weighted by Gasteiger charge is 2.21. The van der Waals surface area contributed by atoms with E-state index in [1.54, 1.807) is 0 Å². The maximum absolute atomic E-state index is 5.47. The molecule has 1 unspecified atom stereocenters. The van der Waals surface area contributed by atoms with Crippen molar-refractivity contribution in [3.05, 3.63) is 0 Å². The van der Waals surface area contributed by atoms with E-state index in [1.165, 1.54) is 19.3 Å². The summed E-state index contributed by atoms with van der Waals surface area (Å²) in [6, 6.07) is 0. The Balaban J connectivity index is 1.62. The molecule has 3 nitrogen and oxygen atoms in total. The number of ether oxygens (including phenoxy) is 3. The molecule has 0 bridgehead atoms. The summed E-state index contributed by atoms with van der Waals surface area (Å²) in [5.74, 6) is 0. The predicted molar refractivity (Wildman–Crippen MR) is 60.1 cm³/mol. The fourth-order valence-electron chi connectivity index (χ4n) is 1.31. The maximum atomic E-state index is 5.47. The molecule has 0 amide bonds. The Bertz CT molecular complexity index is 135. The van der Waals surface area contributed by atoms with Crippen LogP contribution in [0.4, 0.5) is 0 Å². The van der Waals surface area contributed by atoms with Crippen molar-refractivity contribution in [1.82, 2.24) is 0 Å². The minimum absolute atomic E-state index is 0.405. The van der Waals surface area contributed by atoms with E-state index < -0.39 is 0 Å². The largest absolute Gasteiger partial charge is 0.381 e. The lowest BCUT2D eigenvalue weighted by molar-refractivity contribution is 0.104. The first-order valence-corrected chi connectivity index (χ1v) is 6.20. The Morgan fingerprint density at radius 1 is 1.00 bits per heavy atom. The van der Waals surface area contributed by atoms with Crippen LogP contribution in [0.1, 0.15) is 39.0 Å². The quantitative estimate of drug-likeness (QED) is 0.392. The number of epoxide rings is 1. The predicted octanol–water partition coefficient (Wildman–Crippen LogP) is 2.39. The van der Waals surface area contributed by atoms with Crippen molar-refractivity contribution in [3.63, 3.8) is 0 Å². The third kappa shape index (κ3) is 8.85. The number of rotatable bonds is 11. The first-order valence-electron chi connectivity index (χ1n) is 6.20. The maximum Gasteiger partial charge on any atom is 0.104 e. The van der Waals surface area contributed by atoms with Crippen molar-refractivity contribution < 1.29 is 14.2 Å². The SMILES string of the molecule is CCCCOCCCCCOCC1CO1. The van der Waals surface area contributed by atoms with E-state index in [9.17, 15) is 0 Å². The second-order valence-electron chi connectivity index (χ2n) is 4.06. The monoisotopic (exact) mass is 216 g/mol. The van der Waals surface area contributed by atoms with Crippen LogP contribution in [0, 0.1) is 0 Å². The summed E-state index contributed by atoms with van der Waals surface area (Å²) >= 11 is 0. The van der Waals surface area contributed by atoms with Crippen LogP contribution in [0.3, 0.4) is 0 Å². The van der Waals surface area contributed by atoms with E-state index in [1.807, 2.05) is 0 Å². The summed E-state index contributed by atoms with van der Waals surface area (Å²) in [4.78, 5) is 0. The van der Waals surface area contributed by atoms with Gasteiger partial charge in [-0.15, -0.1) is 0 Å². The summed E-state index contributed by atoms with van der Waals surface area (Å²) < 4.78 is 16.0. The van der Waals surface area contributed by atoms with Crippen LogP contribution >= 0.6 is 0 Å². The highest BCUT2D eigenvalue weighted by molar-refractivity contribution is 4.66. The van der Waals surface area contributed by atoms with Crippen LogP contribution in [-0.4, -0.2) is 39.1 Å². The Hall–Kier alpha value is -0.120. The van der Waals surface area contributed by atoms with Gasteiger partial charge in [-0.1, -0.05) is 13.3 Å². The van der Waals surface area contributed by atoms with E-state index >= 15 is 0 Å². The number of hydrogen-bond donors (Lipinski definition) is 0. The van der Waals surface area contributed by atoms with Gasteiger partial charge in [-0.3, -0.25) is 0 Å². The van der Waals surface area contributed by atoms with Crippen LogP contribution in [0.5, 0.6) is 0 Å². The van der Waals surface area contributed by atoms with Gasteiger partial charge in [0.05, 0.1) is 13.2 Å². The molecule has 90 valence electrons. The fourth-order valence-corrected chi connectivity index (χ4v) is 1.31.